The van der Waals surface area contributed by atoms with Crippen LogP contribution in [0.25, 0.3) is 0 Å². The molecule has 1 aromatic heterocycles. The number of benzene rings is 1. The Morgan fingerprint density at radius 2 is 1.80 bits per heavy atom. The number of carbonyl (C=O) groups excluding carboxylic acids is 1. The smallest absolute Gasteiger partial charge is 0.220 e. The summed E-state index contributed by atoms with van der Waals surface area (Å²) in [5, 5.41) is 3.05. The van der Waals surface area contributed by atoms with Crippen molar-refractivity contribution in [3.8, 4) is 0 Å². The molecular weight excluding hydrogens is 317 g/mol. The van der Waals surface area contributed by atoms with Gasteiger partial charge in [0.25, 0.3) is 0 Å². The molecule has 1 N–H and O–H groups in total. The number of nitrogens with one attached hydrogen (secondary N) is 1. The minimum absolute atomic E-state index is 0.0446. The van der Waals surface area contributed by atoms with Crippen LogP contribution in [0, 0.1) is 5.82 Å². The summed E-state index contributed by atoms with van der Waals surface area (Å²) in [7, 11) is 0. The quantitative estimate of drug-likeness (QED) is 0.842. The van der Waals surface area contributed by atoms with Crippen molar-refractivity contribution in [1.82, 2.24) is 15.2 Å². The van der Waals surface area contributed by atoms with Gasteiger partial charge in [0, 0.05) is 25.4 Å². The van der Waals surface area contributed by atoms with Crippen LogP contribution < -0.4 is 5.32 Å². The summed E-state index contributed by atoms with van der Waals surface area (Å²) >= 11 is 0. The van der Waals surface area contributed by atoms with Crippen molar-refractivity contribution in [3.63, 3.8) is 0 Å². The minimum Gasteiger partial charge on any atom is -0.354 e. The van der Waals surface area contributed by atoms with E-state index in [0.29, 0.717) is 19.4 Å². The molecule has 1 saturated heterocycles. The first-order chi connectivity index (χ1) is 12.2. The van der Waals surface area contributed by atoms with E-state index in [2.05, 4.69) is 15.2 Å². The van der Waals surface area contributed by atoms with Crippen LogP contribution >= 0.6 is 0 Å². The van der Waals surface area contributed by atoms with E-state index in [1.54, 1.807) is 12.4 Å². The first kappa shape index (κ1) is 17.5. The fraction of sp³-hybridized carbons (Fsp3) is 0.400. The van der Waals surface area contributed by atoms with E-state index in [9.17, 15) is 9.18 Å². The van der Waals surface area contributed by atoms with Gasteiger partial charge in [0.2, 0.25) is 5.91 Å². The average Bonchev–Trinajstić information content (AvgIpc) is 3.17. The Kier molecular flexibility index (Phi) is 6.12. The van der Waals surface area contributed by atoms with Crippen molar-refractivity contribution in [2.24, 2.45) is 0 Å². The molecule has 1 amide bonds. The third-order valence-electron chi connectivity index (χ3n) is 4.72. The van der Waals surface area contributed by atoms with Gasteiger partial charge in [0.15, 0.2) is 0 Å². The topological polar surface area (TPSA) is 45.2 Å². The summed E-state index contributed by atoms with van der Waals surface area (Å²) in [5.41, 5.74) is 2.16. The van der Waals surface area contributed by atoms with Gasteiger partial charge in [-0.05, 0) is 67.7 Å². The number of rotatable bonds is 7. The number of hydrogen-bond acceptors (Lipinski definition) is 3. The Balaban J connectivity index is 1.56. The largest absolute Gasteiger partial charge is 0.354 e. The van der Waals surface area contributed by atoms with Gasteiger partial charge >= 0.3 is 0 Å². The van der Waals surface area contributed by atoms with Crippen molar-refractivity contribution >= 4 is 5.91 Å². The molecule has 2 heterocycles. The highest BCUT2D eigenvalue weighted by Gasteiger charge is 2.23. The summed E-state index contributed by atoms with van der Waals surface area (Å²) in [4.78, 5) is 18.6. The predicted molar refractivity (Wildman–Crippen MR) is 95.5 cm³/mol. The number of amides is 1. The molecule has 1 aliphatic heterocycles. The molecule has 0 unspecified atom stereocenters. The Morgan fingerprint density at radius 1 is 1.12 bits per heavy atom. The predicted octanol–water partition coefficient (Wildman–Crippen LogP) is 3.11. The molecule has 0 spiro atoms. The van der Waals surface area contributed by atoms with E-state index in [0.717, 1.165) is 24.2 Å². The molecular formula is C20H24FN3O. The molecule has 1 atom stereocenters. The lowest BCUT2D eigenvalue weighted by Gasteiger charge is -2.28. The first-order valence-corrected chi connectivity index (χ1v) is 8.87. The highest BCUT2D eigenvalue weighted by molar-refractivity contribution is 5.76. The highest BCUT2D eigenvalue weighted by atomic mass is 19.1. The molecule has 0 bridgehead atoms. The number of aromatic nitrogens is 1. The summed E-state index contributed by atoms with van der Waals surface area (Å²) in [6.07, 6.45) is 7.00. The van der Waals surface area contributed by atoms with Crippen LogP contribution in [0.1, 0.15) is 36.4 Å². The van der Waals surface area contributed by atoms with Gasteiger partial charge in [-0.1, -0.05) is 12.1 Å². The number of carbonyl (C=O) groups is 1. The van der Waals surface area contributed by atoms with Crippen LogP contribution in [0.3, 0.4) is 0 Å². The monoisotopic (exact) mass is 341 g/mol. The van der Waals surface area contributed by atoms with Crippen LogP contribution in [0.4, 0.5) is 4.39 Å². The van der Waals surface area contributed by atoms with Crippen LogP contribution in [-0.2, 0) is 11.2 Å². The van der Waals surface area contributed by atoms with Crippen molar-refractivity contribution in [1.29, 1.82) is 0 Å². The van der Waals surface area contributed by atoms with Crippen molar-refractivity contribution in [2.75, 3.05) is 19.6 Å². The standard InChI is InChI=1S/C20H24FN3O/c21-18-6-4-17(5-7-18)19(24-13-1-2-14-24)15-23-20(25)8-3-16-9-11-22-12-10-16/h4-7,9-12,19H,1-3,8,13-15H2,(H,23,25)/t19-/m1/s1. The summed E-state index contributed by atoms with van der Waals surface area (Å²) in [6, 6.07) is 10.6. The van der Waals surface area contributed by atoms with Crippen LogP contribution in [0.5, 0.6) is 0 Å². The first-order valence-electron chi connectivity index (χ1n) is 8.87. The van der Waals surface area contributed by atoms with Gasteiger partial charge < -0.3 is 5.32 Å². The Labute approximate surface area is 148 Å². The maximum atomic E-state index is 13.2. The van der Waals surface area contributed by atoms with E-state index in [1.807, 2.05) is 24.3 Å². The number of pyridine rings is 1. The van der Waals surface area contributed by atoms with Gasteiger partial charge in [-0.3, -0.25) is 14.7 Å². The molecule has 5 heteroatoms. The second-order valence-electron chi connectivity index (χ2n) is 6.47. The van der Waals surface area contributed by atoms with Crippen LogP contribution in [0.15, 0.2) is 48.8 Å². The van der Waals surface area contributed by atoms with E-state index < -0.39 is 0 Å². The zero-order valence-corrected chi connectivity index (χ0v) is 14.3. The maximum absolute atomic E-state index is 13.2. The highest BCUT2D eigenvalue weighted by Crippen LogP contribution is 2.24. The van der Waals surface area contributed by atoms with Crippen molar-refractivity contribution in [3.05, 3.63) is 65.7 Å². The minimum atomic E-state index is -0.231. The van der Waals surface area contributed by atoms with Crippen LogP contribution in [-0.4, -0.2) is 35.4 Å². The van der Waals surface area contributed by atoms with Gasteiger partial charge in [0.1, 0.15) is 5.82 Å². The zero-order chi connectivity index (χ0) is 17.5. The van der Waals surface area contributed by atoms with Crippen molar-refractivity contribution in [2.45, 2.75) is 31.7 Å². The fourth-order valence-electron chi connectivity index (χ4n) is 3.30. The number of nitrogens with zero attached hydrogens (tertiary/aromatic N) is 2. The SMILES string of the molecule is O=C(CCc1ccncc1)NC[C@H](c1ccc(F)cc1)N1CCCC1. The molecule has 2 aromatic rings. The lowest BCUT2D eigenvalue weighted by atomic mass is 10.1. The number of hydrogen-bond donors (Lipinski definition) is 1. The molecule has 0 aliphatic carbocycles. The Bertz CT molecular complexity index is 669. The van der Waals surface area contributed by atoms with E-state index in [4.69, 9.17) is 0 Å². The van der Waals surface area contributed by atoms with E-state index >= 15 is 0 Å². The second kappa shape index (κ2) is 8.72. The summed E-state index contributed by atoms with van der Waals surface area (Å²) < 4.78 is 13.2. The lowest BCUT2D eigenvalue weighted by Crippen LogP contribution is -2.36. The zero-order valence-electron chi connectivity index (χ0n) is 14.3. The molecule has 4 nitrogen and oxygen atoms in total. The van der Waals surface area contributed by atoms with Gasteiger partial charge in [-0.25, -0.2) is 4.39 Å². The molecule has 1 fully saturated rings. The lowest BCUT2D eigenvalue weighted by molar-refractivity contribution is -0.121. The van der Waals surface area contributed by atoms with Gasteiger partial charge in [0.05, 0.1) is 6.04 Å². The summed E-state index contributed by atoms with van der Waals surface area (Å²) in [6.45, 7) is 2.60. The molecule has 25 heavy (non-hydrogen) atoms. The molecule has 0 radical (unpaired) electrons. The second-order valence-corrected chi connectivity index (χ2v) is 6.47. The van der Waals surface area contributed by atoms with E-state index in [-0.39, 0.29) is 17.8 Å². The third-order valence-corrected chi connectivity index (χ3v) is 4.72. The summed E-state index contributed by atoms with van der Waals surface area (Å²) in [5.74, 6) is -0.187. The average molecular weight is 341 g/mol. The molecule has 132 valence electrons. The molecule has 0 saturated carbocycles. The van der Waals surface area contributed by atoms with Crippen LogP contribution in [0.2, 0.25) is 0 Å². The Hall–Kier alpha value is -2.27. The third kappa shape index (κ3) is 5.10. The number of aryl methyl sites for hydroxylation is 1. The van der Waals surface area contributed by atoms with Gasteiger partial charge in [-0.2, -0.15) is 0 Å². The normalized spacial score (nSPS) is 15.9. The molecule has 1 aliphatic rings. The van der Waals surface area contributed by atoms with E-state index in [1.165, 1.54) is 25.0 Å². The molecule has 1 aromatic carbocycles. The Morgan fingerprint density at radius 3 is 2.48 bits per heavy atom. The number of halogens is 1. The fourth-order valence-corrected chi connectivity index (χ4v) is 3.30. The number of likely N-dealkylation sites (tertiary alicyclic amines) is 1. The van der Waals surface area contributed by atoms with Gasteiger partial charge in [-0.15, -0.1) is 0 Å². The van der Waals surface area contributed by atoms with Crippen molar-refractivity contribution < 1.29 is 9.18 Å². The molecule has 3 rings (SSSR count). The maximum Gasteiger partial charge on any atom is 0.220 e.